The average Bonchev–Trinajstić information content (AvgIpc) is 2.50. The second-order valence-corrected chi connectivity index (χ2v) is 7.75. The molecule has 2 heteroatoms. The molecule has 2 unspecified atom stereocenters. The first-order valence-corrected chi connectivity index (χ1v) is 10.3. The predicted octanol–water partition coefficient (Wildman–Crippen LogP) is 5.77. The van der Waals surface area contributed by atoms with Crippen LogP contribution in [0, 0.1) is 5.92 Å². The molecule has 1 aliphatic heterocycles. The molecule has 0 aromatic heterocycles. The van der Waals surface area contributed by atoms with E-state index in [1.54, 1.807) is 0 Å². The lowest BCUT2D eigenvalue weighted by molar-refractivity contribution is 0.0595. The maximum Gasteiger partial charge on any atom is 0.0123 e. The number of nitrogens with zero attached hydrogens (tertiary/aromatic N) is 1. The van der Waals surface area contributed by atoms with Crippen LogP contribution in [0.2, 0.25) is 0 Å². The highest BCUT2D eigenvalue weighted by Crippen LogP contribution is 2.35. The van der Waals surface area contributed by atoms with Crippen LogP contribution < -0.4 is 0 Å². The molecule has 118 valence electrons. The Hall–Kier alpha value is 0.440. The molecule has 1 saturated carbocycles. The summed E-state index contributed by atoms with van der Waals surface area (Å²) in [6.45, 7) is 2.79. The second-order valence-electron chi connectivity index (χ2n) is 6.95. The van der Waals surface area contributed by atoms with Gasteiger partial charge in [-0.25, -0.2) is 0 Å². The highest BCUT2D eigenvalue weighted by atomic mass is 79.9. The van der Waals surface area contributed by atoms with Crippen molar-refractivity contribution >= 4 is 15.9 Å². The summed E-state index contributed by atoms with van der Waals surface area (Å²) in [6, 6.07) is 0.969. The van der Waals surface area contributed by atoms with Crippen LogP contribution >= 0.6 is 15.9 Å². The fourth-order valence-corrected chi connectivity index (χ4v) is 4.70. The third-order valence-corrected chi connectivity index (χ3v) is 6.00. The van der Waals surface area contributed by atoms with E-state index in [9.17, 15) is 0 Å². The average molecular weight is 344 g/mol. The molecule has 1 saturated heterocycles. The first-order chi connectivity index (χ1) is 9.92. The van der Waals surface area contributed by atoms with Gasteiger partial charge in [0.05, 0.1) is 0 Å². The van der Waals surface area contributed by atoms with Crippen molar-refractivity contribution < 1.29 is 0 Å². The van der Waals surface area contributed by atoms with Gasteiger partial charge < -0.3 is 4.90 Å². The summed E-state index contributed by atoms with van der Waals surface area (Å²) in [7, 11) is 0. The Kier molecular flexibility index (Phi) is 8.58. The SMILES string of the molecule is BrCCCCCCCCCN1CCCC2CCCCC21. The van der Waals surface area contributed by atoms with E-state index in [-0.39, 0.29) is 0 Å². The van der Waals surface area contributed by atoms with Crippen molar-refractivity contribution in [2.75, 3.05) is 18.4 Å². The molecule has 0 aromatic rings. The number of alkyl halides is 1. The van der Waals surface area contributed by atoms with Crippen molar-refractivity contribution in [3.8, 4) is 0 Å². The summed E-state index contributed by atoms with van der Waals surface area (Å²) in [5.74, 6) is 1.06. The van der Waals surface area contributed by atoms with E-state index in [0.29, 0.717) is 0 Å². The highest BCUT2D eigenvalue weighted by molar-refractivity contribution is 9.09. The van der Waals surface area contributed by atoms with Crippen LogP contribution in [0.25, 0.3) is 0 Å². The number of fused-ring (bicyclic) bond motifs is 1. The third kappa shape index (κ3) is 5.67. The Labute approximate surface area is 135 Å². The van der Waals surface area contributed by atoms with Gasteiger partial charge in [-0.1, -0.05) is 60.9 Å². The standard InChI is InChI=1S/C18H34BrN/c19-14-8-4-2-1-3-5-9-15-20-16-10-12-17-11-6-7-13-18(17)20/h17-18H,1-16H2. The maximum atomic E-state index is 3.51. The maximum absolute atomic E-state index is 3.51. The van der Waals surface area contributed by atoms with Crippen molar-refractivity contribution in [2.24, 2.45) is 5.92 Å². The number of likely N-dealkylation sites (tertiary alicyclic amines) is 1. The largest absolute Gasteiger partial charge is 0.300 e. The minimum atomic E-state index is 0.969. The zero-order valence-electron chi connectivity index (χ0n) is 13.3. The Morgan fingerprint density at radius 1 is 0.750 bits per heavy atom. The van der Waals surface area contributed by atoms with E-state index in [2.05, 4.69) is 20.8 Å². The number of hydrogen-bond acceptors (Lipinski definition) is 1. The molecular weight excluding hydrogens is 310 g/mol. The molecule has 1 heterocycles. The van der Waals surface area contributed by atoms with Crippen LogP contribution in [-0.4, -0.2) is 29.4 Å². The van der Waals surface area contributed by atoms with Gasteiger partial charge in [0.1, 0.15) is 0 Å². The van der Waals surface area contributed by atoms with Crippen molar-refractivity contribution in [3.63, 3.8) is 0 Å². The lowest BCUT2D eigenvalue weighted by Gasteiger charge is -2.44. The molecule has 20 heavy (non-hydrogen) atoms. The Morgan fingerprint density at radius 2 is 1.40 bits per heavy atom. The predicted molar refractivity (Wildman–Crippen MR) is 92.7 cm³/mol. The van der Waals surface area contributed by atoms with Crippen molar-refractivity contribution in [1.29, 1.82) is 0 Å². The molecule has 2 atom stereocenters. The van der Waals surface area contributed by atoms with Gasteiger partial charge in [-0.2, -0.15) is 0 Å². The van der Waals surface area contributed by atoms with Gasteiger partial charge in [0.15, 0.2) is 0 Å². The smallest absolute Gasteiger partial charge is 0.0123 e. The molecular formula is C18H34BrN. The molecule has 0 N–H and O–H groups in total. The summed E-state index contributed by atoms with van der Waals surface area (Å²) in [6.07, 6.45) is 19.0. The van der Waals surface area contributed by atoms with Crippen LogP contribution in [0.4, 0.5) is 0 Å². The van der Waals surface area contributed by atoms with Gasteiger partial charge in [0.25, 0.3) is 0 Å². The van der Waals surface area contributed by atoms with Gasteiger partial charge >= 0.3 is 0 Å². The first-order valence-electron chi connectivity index (χ1n) is 9.22. The molecule has 0 radical (unpaired) electrons. The Balaban J connectivity index is 1.52. The number of piperidine rings is 1. The molecule has 2 fully saturated rings. The quantitative estimate of drug-likeness (QED) is 0.379. The van der Waals surface area contributed by atoms with Crippen LogP contribution in [-0.2, 0) is 0 Å². The van der Waals surface area contributed by atoms with Gasteiger partial charge in [-0.05, 0) is 57.5 Å². The molecule has 2 aliphatic rings. The number of hydrogen-bond donors (Lipinski definition) is 0. The fraction of sp³-hybridized carbons (Fsp3) is 1.00. The van der Waals surface area contributed by atoms with Crippen LogP contribution in [0.5, 0.6) is 0 Å². The fourth-order valence-electron chi connectivity index (χ4n) is 4.30. The Bertz CT molecular complexity index is 242. The lowest BCUT2D eigenvalue weighted by atomic mass is 9.78. The Morgan fingerprint density at radius 3 is 2.20 bits per heavy atom. The molecule has 0 bridgehead atoms. The molecule has 0 amide bonds. The minimum absolute atomic E-state index is 0.969. The van der Waals surface area contributed by atoms with E-state index in [0.717, 1.165) is 12.0 Å². The third-order valence-electron chi connectivity index (χ3n) is 5.44. The number of halogens is 1. The van der Waals surface area contributed by atoms with E-state index in [1.165, 1.54) is 102 Å². The monoisotopic (exact) mass is 343 g/mol. The summed E-state index contributed by atoms with van der Waals surface area (Å²) in [4.78, 5) is 2.86. The number of rotatable bonds is 9. The van der Waals surface area contributed by atoms with Crippen LogP contribution in [0.15, 0.2) is 0 Å². The van der Waals surface area contributed by atoms with Crippen LogP contribution in [0.3, 0.4) is 0 Å². The molecule has 2 rings (SSSR count). The highest BCUT2D eigenvalue weighted by Gasteiger charge is 2.32. The van der Waals surface area contributed by atoms with Crippen LogP contribution in [0.1, 0.15) is 83.5 Å². The zero-order chi connectivity index (χ0) is 14.0. The van der Waals surface area contributed by atoms with Crippen molar-refractivity contribution in [2.45, 2.75) is 89.5 Å². The summed E-state index contributed by atoms with van der Waals surface area (Å²) >= 11 is 3.51. The van der Waals surface area contributed by atoms with Gasteiger partial charge in [0.2, 0.25) is 0 Å². The van der Waals surface area contributed by atoms with E-state index >= 15 is 0 Å². The van der Waals surface area contributed by atoms with Gasteiger partial charge in [-0.3, -0.25) is 0 Å². The van der Waals surface area contributed by atoms with Crippen molar-refractivity contribution in [3.05, 3.63) is 0 Å². The second kappa shape index (κ2) is 10.2. The summed E-state index contributed by atoms with van der Waals surface area (Å²) in [5.41, 5.74) is 0. The molecule has 1 nitrogen and oxygen atoms in total. The van der Waals surface area contributed by atoms with Gasteiger partial charge in [-0.15, -0.1) is 0 Å². The lowest BCUT2D eigenvalue weighted by Crippen LogP contribution is -2.46. The molecule has 0 aromatic carbocycles. The summed E-state index contributed by atoms with van der Waals surface area (Å²) < 4.78 is 0. The normalized spacial score (nSPS) is 27.4. The topological polar surface area (TPSA) is 3.24 Å². The minimum Gasteiger partial charge on any atom is -0.300 e. The van der Waals surface area contributed by atoms with Crippen molar-refractivity contribution in [1.82, 2.24) is 4.90 Å². The molecule has 0 spiro atoms. The van der Waals surface area contributed by atoms with E-state index < -0.39 is 0 Å². The zero-order valence-corrected chi connectivity index (χ0v) is 14.9. The van der Waals surface area contributed by atoms with Gasteiger partial charge in [0, 0.05) is 11.4 Å². The summed E-state index contributed by atoms with van der Waals surface area (Å²) in [5, 5.41) is 1.19. The first kappa shape index (κ1) is 16.8. The number of unbranched alkanes of at least 4 members (excludes halogenated alkanes) is 6. The van der Waals surface area contributed by atoms with E-state index in [4.69, 9.17) is 0 Å². The van der Waals surface area contributed by atoms with E-state index in [1.807, 2.05) is 0 Å². The molecule has 1 aliphatic carbocycles.